The summed E-state index contributed by atoms with van der Waals surface area (Å²) < 4.78 is 9.13. The topological polar surface area (TPSA) is 74.0 Å². The van der Waals surface area contributed by atoms with E-state index in [1.165, 1.54) is 11.8 Å². The number of para-hydroxylation sites is 2. The van der Waals surface area contributed by atoms with Gasteiger partial charge in [0.25, 0.3) is 0 Å². The van der Waals surface area contributed by atoms with Crippen LogP contribution < -0.4 is 5.32 Å². The summed E-state index contributed by atoms with van der Waals surface area (Å²) in [5, 5.41) is 7.73. The van der Waals surface area contributed by atoms with Gasteiger partial charge in [-0.1, -0.05) is 23.9 Å². The van der Waals surface area contributed by atoms with E-state index in [0.717, 1.165) is 16.2 Å². The van der Waals surface area contributed by atoms with Crippen molar-refractivity contribution < 1.29 is 9.53 Å². The number of aromatic nitrogens is 4. The van der Waals surface area contributed by atoms with Crippen LogP contribution in [0.1, 0.15) is 26.8 Å². The number of carbonyl (C=O) groups excluding carboxylic acids is 1. The summed E-state index contributed by atoms with van der Waals surface area (Å²) >= 11 is 1.45. The number of carbonyl (C=O) groups is 1. The molecule has 3 rings (SSSR count). The maximum atomic E-state index is 12.7. The maximum absolute atomic E-state index is 12.7. The maximum Gasteiger partial charge on any atom is 0.238 e. The molecule has 144 valence electrons. The lowest BCUT2D eigenvalue weighted by atomic mass is 10.3. The van der Waals surface area contributed by atoms with Gasteiger partial charge in [-0.25, -0.2) is 9.67 Å². The molecule has 0 saturated carbocycles. The first-order valence-electron chi connectivity index (χ1n) is 8.96. The predicted octanol–water partition coefficient (Wildman–Crippen LogP) is 3.58. The van der Waals surface area contributed by atoms with Gasteiger partial charge >= 0.3 is 0 Å². The average molecular weight is 388 g/mol. The zero-order valence-electron chi connectivity index (χ0n) is 16.0. The Morgan fingerprint density at radius 3 is 2.78 bits per heavy atom. The quantitative estimate of drug-likeness (QED) is 0.598. The highest BCUT2D eigenvalue weighted by atomic mass is 32.2. The molecule has 1 aromatic carbocycles. The Bertz CT molecular complexity index is 918. The summed E-state index contributed by atoms with van der Waals surface area (Å²) in [6, 6.07) is 9.96. The van der Waals surface area contributed by atoms with Gasteiger partial charge in [0.15, 0.2) is 5.16 Å². The standard InChI is InChI=1S/C19H25N5O2S/c1-13(2)24-17(9-10-20-24)22-18(25)14(3)27-19-21-15-7-5-6-8-16(15)23(19)11-12-26-4/h5-10,13-14H,11-12H2,1-4H3,(H,22,25). The molecule has 8 heteroatoms. The number of thioether (sulfide) groups is 1. The van der Waals surface area contributed by atoms with Crippen molar-refractivity contribution in [1.82, 2.24) is 19.3 Å². The van der Waals surface area contributed by atoms with Gasteiger partial charge in [-0.15, -0.1) is 0 Å². The molecular formula is C19H25N5O2S. The van der Waals surface area contributed by atoms with Gasteiger partial charge in [-0.2, -0.15) is 5.10 Å². The van der Waals surface area contributed by atoms with E-state index in [1.807, 2.05) is 51.1 Å². The molecule has 0 spiro atoms. The van der Waals surface area contributed by atoms with Crippen LogP contribution in [0.4, 0.5) is 5.82 Å². The van der Waals surface area contributed by atoms with E-state index < -0.39 is 0 Å². The van der Waals surface area contributed by atoms with Gasteiger partial charge in [0.2, 0.25) is 5.91 Å². The van der Waals surface area contributed by atoms with E-state index >= 15 is 0 Å². The first-order chi connectivity index (χ1) is 13.0. The lowest BCUT2D eigenvalue weighted by molar-refractivity contribution is -0.115. The Balaban J connectivity index is 1.77. The number of hydrogen-bond acceptors (Lipinski definition) is 5. The average Bonchev–Trinajstić information content (AvgIpc) is 3.24. The van der Waals surface area contributed by atoms with Crippen molar-refractivity contribution in [3.63, 3.8) is 0 Å². The third kappa shape index (κ3) is 4.33. The minimum absolute atomic E-state index is 0.0762. The Hall–Kier alpha value is -2.32. The number of rotatable bonds is 8. The molecule has 1 N–H and O–H groups in total. The molecule has 1 unspecified atom stereocenters. The zero-order valence-corrected chi connectivity index (χ0v) is 16.9. The molecule has 0 aliphatic rings. The molecule has 2 heterocycles. The minimum atomic E-state index is -0.307. The van der Waals surface area contributed by atoms with Crippen molar-refractivity contribution >= 4 is 34.5 Å². The fourth-order valence-corrected chi connectivity index (χ4v) is 3.76. The largest absolute Gasteiger partial charge is 0.383 e. The van der Waals surface area contributed by atoms with Crippen molar-refractivity contribution in [2.75, 3.05) is 19.0 Å². The van der Waals surface area contributed by atoms with Crippen LogP contribution in [0.5, 0.6) is 0 Å². The highest BCUT2D eigenvalue weighted by Crippen LogP contribution is 2.28. The van der Waals surface area contributed by atoms with Crippen LogP contribution in [0.15, 0.2) is 41.7 Å². The van der Waals surface area contributed by atoms with Crippen molar-refractivity contribution in [2.24, 2.45) is 0 Å². The molecular weight excluding hydrogens is 362 g/mol. The van der Waals surface area contributed by atoms with Gasteiger partial charge in [-0.3, -0.25) is 4.79 Å². The van der Waals surface area contributed by atoms with Crippen molar-refractivity contribution in [3.05, 3.63) is 36.5 Å². The molecule has 0 bridgehead atoms. The van der Waals surface area contributed by atoms with Crippen LogP contribution in [0.25, 0.3) is 11.0 Å². The molecule has 7 nitrogen and oxygen atoms in total. The fourth-order valence-electron chi connectivity index (χ4n) is 2.81. The normalized spacial score (nSPS) is 12.6. The lowest BCUT2D eigenvalue weighted by Crippen LogP contribution is -2.25. The van der Waals surface area contributed by atoms with Crippen LogP contribution in [0.3, 0.4) is 0 Å². The smallest absolute Gasteiger partial charge is 0.238 e. The van der Waals surface area contributed by atoms with E-state index in [4.69, 9.17) is 9.72 Å². The summed E-state index contributed by atoms with van der Waals surface area (Å²) in [5.41, 5.74) is 1.96. The number of anilines is 1. The Morgan fingerprint density at radius 2 is 2.04 bits per heavy atom. The van der Waals surface area contributed by atoms with Crippen LogP contribution in [-0.4, -0.2) is 44.2 Å². The predicted molar refractivity (Wildman–Crippen MR) is 108 cm³/mol. The molecule has 27 heavy (non-hydrogen) atoms. The minimum Gasteiger partial charge on any atom is -0.383 e. The number of benzene rings is 1. The zero-order chi connectivity index (χ0) is 19.4. The summed E-state index contributed by atoms with van der Waals surface area (Å²) in [6.45, 7) is 7.21. The number of amides is 1. The fraction of sp³-hybridized carbons (Fsp3) is 0.421. The van der Waals surface area contributed by atoms with E-state index in [9.17, 15) is 4.79 Å². The van der Waals surface area contributed by atoms with E-state index in [1.54, 1.807) is 18.0 Å². The van der Waals surface area contributed by atoms with Crippen molar-refractivity contribution in [3.8, 4) is 0 Å². The highest BCUT2D eigenvalue weighted by molar-refractivity contribution is 8.00. The number of nitrogens with one attached hydrogen (secondary N) is 1. The molecule has 0 radical (unpaired) electrons. The number of fused-ring (bicyclic) bond motifs is 1. The van der Waals surface area contributed by atoms with Gasteiger partial charge in [0, 0.05) is 25.8 Å². The van der Waals surface area contributed by atoms with Crippen LogP contribution >= 0.6 is 11.8 Å². The summed E-state index contributed by atoms with van der Waals surface area (Å²) in [4.78, 5) is 17.4. The third-order valence-electron chi connectivity index (χ3n) is 4.20. The monoisotopic (exact) mass is 387 g/mol. The molecule has 3 aromatic rings. The van der Waals surface area contributed by atoms with Gasteiger partial charge in [0.1, 0.15) is 5.82 Å². The summed E-state index contributed by atoms with van der Waals surface area (Å²) in [5.74, 6) is 0.628. The summed E-state index contributed by atoms with van der Waals surface area (Å²) in [6.07, 6.45) is 1.69. The van der Waals surface area contributed by atoms with Crippen LogP contribution in [0, 0.1) is 0 Å². The number of ether oxygens (including phenoxy) is 1. The Labute approximate surface area is 163 Å². The second-order valence-electron chi connectivity index (χ2n) is 6.53. The second-order valence-corrected chi connectivity index (χ2v) is 7.84. The van der Waals surface area contributed by atoms with Crippen LogP contribution in [-0.2, 0) is 16.1 Å². The third-order valence-corrected chi connectivity index (χ3v) is 5.29. The van der Waals surface area contributed by atoms with Crippen molar-refractivity contribution in [2.45, 2.75) is 43.8 Å². The number of imidazole rings is 1. The molecule has 0 aliphatic heterocycles. The number of hydrogen-bond donors (Lipinski definition) is 1. The highest BCUT2D eigenvalue weighted by Gasteiger charge is 2.21. The van der Waals surface area contributed by atoms with Gasteiger partial charge in [-0.05, 0) is 32.9 Å². The molecule has 1 amide bonds. The second kappa shape index (κ2) is 8.58. The first-order valence-corrected chi connectivity index (χ1v) is 9.84. The molecule has 2 aromatic heterocycles. The van der Waals surface area contributed by atoms with Crippen molar-refractivity contribution in [1.29, 1.82) is 0 Å². The molecule has 0 fully saturated rings. The number of methoxy groups -OCH3 is 1. The SMILES string of the molecule is COCCn1c(SC(C)C(=O)Nc2ccnn2C(C)C)nc2ccccc21. The molecule has 0 aliphatic carbocycles. The van der Waals surface area contributed by atoms with E-state index in [0.29, 0.717) is 19.0 Å². The Morgan fingerprint density at radius 1 is 1.26 bits per heavy atom. The van der Waals surface area contributed by atoms with Gasteiger partial charge < -0.3 is 14.6 Å². The van der Waals surface area contributed by atoms with E-state index in [-0.39, 0.29) is 17.2 Å². The Kier molecular flexibility index (Phi) is 6.18. The summed E-state index contributed by atoms with van der Waals surface area (Å²) in [7, 11) is 1.68. The molecule has 0 saturated heterocycles. The number of nitrogens with zero attached hydrogens (tertiary/aromatic N) is 4. The van der Waals surface area contributed by atoms with Gasteiger partial charge in [0.05, 0.1) is 29.1 Å². The van der Waals surface area contributed by atoms with E-state index in [2.05, 4.69) is 15.0 Å². The molecule has 1 atom stereocenters. The van der Waals surface area contributed by atoms with Crippen LogP contribution in [0.2, 0.25) is 0 Å². The lowest BCUT2D eigenvalue weighted by Gasteiger charge is -2.15. The first kappa shape index (κ1) is 19.4.